The highest BCUT2D eigenvalue weighted by molar-refractivity contribution is 7.99. The van der Waals surface area contributed by atoms with Gasteiger partial charge in [-0.15, -0.1) is 6.58 Å². The fourth-order valence-corrected chi connectivity index (χ4v) is 5.09. The molecule has 2 heterocycles. The molecule has 0 bridgehead atoms. The van der Waals surface area contributed by atoms with Crippen LogP contribution >= 0.6 is 11.8 Å². The first kappa shape index (κ1) is 25.9. The van der Waals surface area contributed by atoms with E-state index in [9.17, 15) is 4.79 Å². The maximum atomic E-state index is 13.0. The van der Waals surface area contributed by atoms with Crippen LogP contribution in [0.3, 0.4) is 0 Å². The third kappa shape index (κ3) is 6.35. The topological polar surface area (TPSA) is 63.2 Å². The minimum Gasteiger partial charge on any atom is -0.456 e. The Balaban J connectivity index is 1.64. The van der Waals surface area contributed by atoms with E-state index in [1.54, 1.807) is 6.08 Å². The van der Waals surface area contributed by atoms with Crippen LogP contribution in [0.1, 0.15) is 38.2 Å². The lowest BCUT2D eigenvalue weighted by Gasteiger charge is -2.49. The van der Waals surface area contributed by atoms with Gasteiger partial charge in [0, 0.05) is 10.5 Å². The summed E-state index contributed by atoms with van der Waals surface area (Å²) in [5, 5.41) is 0. The lowest BCUT2D eigenvalue weighted by Crippen LogP contribution is -2.63. The summed E-state index contributed by atoms with van der Waals surface area (Å²) in [6.45, 7) is 11.9. The Bertz CT molecular complexity index is 987. The molecular formula is C28H34O6S. The molecule has 2 aliphatic heterocycles. The number of carbonyl (C=O) groups is 1. The number of hydrogen-bond acceptors (Lipinski definition) is 7. The highest BCUT2D eigenvalue weighted by Gasteiger charge is 2.53. The van der Waals surface area contributed by atoms with Crippen LogP contribution < -0.4 is 0 Å². The molecule has 0 unspecified atom stereocenters. The van der Waals surface area contributed by atoms with Crippen molar-refractivity contribution in [2.45, 2.75) is 68.7 Å². The molecule has 0 radical (unpaired) electrons. The summed E-state index contributed by atoms with van der Waals surface area (Å²) in [5.41, 5.74) is 0.959. The zero-order valence-corrected chi connectivity index (χ0v) is 21.5. The molecule has 2 aliphatic rings. The summed E-state index contributed by atoms with van der Waals surface area (Å²) in [6, 6.07) is 17.9. The quantitative estimate of drug-likeness (QED) is 0.371. The second kappa shape index (κ2) is 11.3. The van der Waals surface area contributed by atoms with E-state index in [-0.39, 0.29) is 5.97 Å². The average Bonchev–Trinajstić information content (AvgIpc) is 2.84. The number of benzene rings is 2. The highest BCUT2D eigenvalue weighted by atomic mass is 32.2. The Hall–Kier alpha value is -2.16. The predicted molar refractivity (Wildman–Crippen MR) is 135 cm³/mol. The number of fused-ring (bicyclic) bond motifs is 1. The van der Waals surface area contributed by atoms with E-state index >= 15 is 0 Å². The monoisotopic (exact) mass is 498 g/mol. The number of esters is 1. The van der Waals surface area contributed by atoms with Crippen molar-refractivity contribution in [1.29, 1.82) is 0 Å². The van der Waals surface area contributed by atoms with Gasteiger partial charge in [0.1, 0.15) is 23.7 Å². The van der Waals surface area contributed by atoms with Gasteiger partial charge in [-0.3, -0.25) is 4.79 Å². The Labute approximate surface area is 211 Å². The van der Waals surface area contributed by atoms with Crippen LogP contribution in [-0.4, -0.2) is 49.0 Å². The minimum atomic E-state index is -0.682. The van der Waals surface area contributed by atoms with Crippen molar-refractivity contribution < 1.29 is 28.5 Å². The van der Waals surface area contributed by atoms with Gasteiger partial charge in [-0.05, 0) is 39.8 Å². The first-order valence-electron chi connectivity index (χ1n) is 11.9. The van der Waals surface area contributed by atoms with E-state index in [2.05, 4.69) is 30.8 Å². The van der Waals surface area contributed by atoms with Crippen molar-refractivity contribution in [3.63, 3.8) is 0 Å². The van der Waals surface area contributed by atoms with Gasteiger partial charge in [-0.25, -0.2) is 0 Å². The maximum absolute atomic E-state index is 13.0. The van der Waals surface area contributed by atoms with E-state index in [4.69, 9.17) is 23.7 Å². The summed E-state index contributed by atoms with van der Waals surface area (Å²) >= 11 is 1.54. The first-order valence-corrected chi connectivity index (χ1v) is 12.8. The zero-order chi connectivity index (χ0) is 25.0. The highest BCUT2D eigenvalue weighted by Crippen LogP contribution is 2.41. The Kier molecular flexibility index (Phi) is 8.34. The second-order valence-electron chi connectivity index (χ2n) is 9.86. The van der Waals surface area contributed by atoms with E-state index in [1.165, 1.54) is 17.3 Å². The zero-order valence-electron chi connectivity index (χ0n) is 20.7. The molecule has 6 atom stereocenters. The van der Waals surface area contributed by atoms with Gasteiger partial charge in [0.15, 0.2) is 12.4 Å². The van der Waals surface area contributed by atoms with Gasteiger partial charge in [-0.1, -0.05) is 65.9 Å². The third-order valence-corrected chi connectivity index (χ3v) is 7.05. The van der Waals surface area contributed by atoms with Gasteiger partial charge < -0.3 is 23.7 Å². The summed E-state index contributed by atoms with van der Waals surface area (Å²) in [6.07, 6.45) is -1.12. The molecule has 0 aliphatic carbocycles. The molecular weight excluding hydrogens is 464 g/mol. The second-order valence-corrected chi connectivity index (χ2v) is 11.0. The SMILES string of the molecule is C=CCO[C@H]1[C@@H](OC(=O)C(C)(C)C)[C@@H]2O[C@H](c3ccccc3)OC[C@H]2O[C@@H]1Sc1ccc(C)cc1. The number of carbonyl (C=O) groups excluding carboxylic acids is 1. The fourth-order valence-electron chi connectivity index (χ4n) is 3.96. The number of thioether (sulfide) groups is 1. The van der Waals surface area contributed by atoms with E-state index in [0.717, 1.165) is 10.5 Å². The van der Waals surface area contributed by atoms with Crippen molar-refractivity contribution in [1.82, 2.24) is 0 Å². The standard InChI is InChI=1S/C28H34O6S/c1-6-16-30-24-23(34-27(29)28(3,4)5)22-21(17-31-25(33-22)19-10-8-7-9-11-19)32-26(24)35-20-14-12-18(2)13-15-20/h6-15,21-26H,1,16-17H2,2-5H3/t21-,22-,23+,24+,25-,26-/m1/s1. The van der Waals surface area contributed by atoms with E-state index in [1.807, 2.05) is 58.0 Å². The largest absolute Gasteiger partial charge is 0.456 e. The number of rotatable bonds is 7. The van der Waals surface area contributed by atoms with Gasteiger partial charge in [0.05, 0.1) is 18.6 Å². The van der Waals surface area contributed by atoms with Crippen LogP contribution in [-0.2, 0) is 28.5 Å². The van der Waals surface area contributed by atoms with E-state index in [0.29, 0.717) is 13.2 Å². The number of ether oxygens (including phenoxy) is 5. The molecule has 35 heavy (non-hydrogen) atoms. The molecule has 2 saturated heterocycles. The normalized spacial score (nSPS) is 28.7. The molecule has 2 aromatic rings. The molecule has 0 aromatic heterocycles. The van der Waals surface area contributed by atoms with Crippen LogP contribution in [0.2, 0.25) is 0 Å². The van der Waals surface area contributed by atoms with Crippen LogP contribution in [0.25, 0.3) is 0 Å². The first-order chi connectivity index (χ1) is 16.8. The molecule has 188 valence electrons. The summed E-state index contributed by atoms with van der Waals surface area (Å²) in [7, 11) is 0. The summed E-state index contributed by atoms with van der Waals surface area (Å²) < 4.78 is 31.2. The maximum Gasteiger partial charge on any atom is 0.311 e. The van der Waals surface area contributed by atoms with Gasteiger partial charge in [0.2, 0.25) is 0 Å². The van der Waals surface area contributed by atoms with Crippen molar-refractivity contribution in [2.75, 3.05) is 13.2 Å². The smallest absolute Gasteiger partial charge is 0.311 e. The fraction of sp³-hybridized carbons (Fsp3) is 0.464. The lowest BCUT2D eigenvalue weighted by molar-refractivity contribution is -0.323. The molecule has 6 nitrogen and oxygen atoms in total. The molecule has 7 heteroatoms. The van der Waals surface area contributed by atoms with Crippen molar-refractivity contribution in [3.8, 4) is 0 Å². The average molecular weight is 499 g/mol. The predicted octanol–water partition coefficient (Wildman–Crippen LogP) is 5.46. The van der Waals surface area contributed by atoms with Crippen LogP contribution in [0.15, 0.2) is 72.1 Å². The van der Waals surface area contributed by atoms with E-state index < -0.39 is 41.6 Å². The van der Waals surface area contributed by atoms with Gasteiger partial charge in [-0.2, -0.15) is 0 Å². The van der Waals surface area contributed by atoms with Crippen LogP contribution in [0.5, 0.6) is 0 Å². The van der Waals surface area contributed by atoms with Gasteiger partial charge >= 0.3 is 5.97 Å². The molecule has 0 amide bonds. The van der Waals surface area contributed by atoms with Crippen molar-refractivity contribution in [3.05, 3.63) is 78.4 Å². The summed E-state index contributed by atoms with van der Waals surface area (Å²) in [5.74, 6) is -0.319. The summed E-state index contributed by atoms with van der Waals surface area (Å²) in [4.78, 5) is 14.1. The third-order valence-electron chi connectivity index (χ3n) is 5.89. The van der Waals surface area contributed by atoms with Crippen molar-refractivity contribution in [2.24, 2.45) is 5.41 Å². The Morgan fingerprint density at radius 3 is 2.46 bits per heavy atom. The Morgan fingerprint density at radius 2 is 1.80 bits per heavy atom. The molecule has 2 fully saturated rings. The number of hydrogen-bond donors (Lipinski definition) is 0. The van der Waals surface area contributed by atoms with Crippen molar-refractivity contribution >= 4 is 17.7 Å². The minimum absolute atomic E-state index is 0.290. The molecule has 0 N–H and O–H groups in total. The van der Waals surface area contributed by atoms with Crippen LogP contribution in [0.4, 0.5) is 0 Å². The number of aryl methyl sites for hydroxylation is 1. The molecule has 0 saturated carbocycles. The molecule has 2 aromatic carbocycles. The van der Waals surface area contributed by atoms with Crippen LogP contribution in [0, 0.1) is 12.3 Å². The molecule has 4 rings (SSSR count). The lowest BCUT2D eigenvalue weighted by atomic mass is 9.95. The molecule has 0 spiro atoms. The Morgan fingerprint density at radius 1 is 1.09 bits per heavy atom. The van der Waals surface area contributed by atoms with Gasteiger partial charge in [0.25, 0.3) is 0 Å².